The molecule has 0 atom stereocenters. The normalized spacial score (nSPS) is 24.2. The molecule has 0 aromatic heterocycles. The third-order valence-corrected chi connectivity index (χ3v) is 5.50. The van der Waals surface area contributed by atoms with Crippen LogP contribution in [-0.4, -0.2) is 28.9 Å². The van der Waals surface area contributed by atoms with Gasteiger partial charge in [-0.15, -0.1) is 0 Å². The van der Waals surface area contributed by atoms with E-state index in [9.17, 15) is 4.79 Å². The third-order valence-electron chi connectivity index (χ3n) is 5.00. The maximum atomic E-state index is 12.3. The number of nitrogens with two attached hydrogens (primary N) is 1. The van der Waals surface area contributed by atoms with Crippen LogP contribution in [0.4, 0.5) is 0 Å². The molecule has 1 aliphatic carbocycles. The van der Waals surface area contributed by atoms with Crippen molar-refractivity contribution in [2.75, 3.05) is 13.1 Å². The molecule has 0 aromatic carbocycles. The van der Waals surface area contributed by atoms with Crippen molar-refractivity contribution in [3.63, 3.8) is 0 Å². The van der Waals surface area contributed by atoms with Gasteiger partial charge in [-0.05, 0) is 31.6 Å². The van der Waals surface area contributed by atoms with Gasteiger partial charge in [0.05, 0.1) is 4.99 Å². The van der Waals surface area contributed by atoms with Crippen molar-refractivity contribution in [2.45, 2.75) is 58.3 Å². The Hall–Kier alpha value is -0.640. The Bertz CT molecular complexity index is 342. The molecule has 2 fully saturated rings. The van der Waals surface area contributed by atoms with Gasteiger partial charge in [0.1, 0.15) is 0 Å². The van der Waals surface area contributed by atoms with Gasteiger partial charge >= 0.3 is 0 Å². The quantitative estimate of drug-likeness (QED) is 0.810. The maximum absolute atomic E-state index is 12.3. The molecule has 0 unspecified atom stereocenters. The number of hydrogen-bond acceptors (Lipinski definition) is 2. The zero-order valence-corrected chi connectivity index (χ0v) is 12.8. The molecule has 1 saturated carbocycles. The Kier molecular flexibility index (Phi) is 4.82. The summed E-state index contributed by atoms with van der Waals surface area (Å²) in [5.41, 5.74) is 5.76. The molecular formula is C15H26N2OS. The van der Waals surface area contributed by atoms with Crippen molar-refractivity contribution in [2.24, 2.45) is 17.1 Å². The monoisotopic (exact) mass is 282 g/mol. The number of carbonyl (C=O) groups excluding carboxylic acids is 1. The van der Waals surface area contributed by atoms with Crippen LogP contribution in [0.3, 0.4) is 0 Å². The van der Waals surface area contributed by atoms with Crippen LogP contribution in [0.25, 0.3) is 0 Å². The van der Waals surface area contributed by atoms with Crippen LogP contribution in [0, 0.1) is 11.3 Å². The third kappa shape index (κ3) is 3.68. The van der Waals surface area contributed by atoms with E-state index in [2.05, 4.69) is 6.92 Å². The first kappa shape index (κ1) is 14.8. The molecular weight excluding hydrogens is 256 g/mol. The van der Waals surface area contributed by atoms with E-state index in [4.69, 9.17) is 18.0 Å². The standard InChI is InChI=1S/C15H26N2OS/c1-15(14(16)19)7-9-17(10-8-15)13(18)11-12-5-3-2-4-6-12/h12H,2-11H2,1H3,(H2,16,19). The summed E-state index contributed by atoms with van der Waals surface area (Å²) < 4.78 is 0. The Morgan fingerprint density at radius 3 is 2.37 bits per heavy atom. The molecule has 2 rings (SSSR count). The van der Waals surface area contributed by atoms with E-state index in [-0.39, 0.29) is 5.41 Å². The average molecular weight is 282 g/mol. The number of carbonyl (C=O) groups is 1. The van der Waals surface area contributed by atoms with Crippen molar-refractivity contribution in [3.8, 4) is 0 Å². The first-order valence-electron chi connectivity index (χ1n) is 7.59. The van der Waals surface area contributed by atoms with Gasteiger partial charge in [0.2, 0.25) is 5.91 Å². The molecule has 108 valence electrons. The van der Waals surface area contributed by atoms with E-state index in [0.717, 1.165) is 32.4 Å². The number of nitrogens with zero attached hydrogens (tertiary/aromatic N) is 1. The van der Waals surface area contributed by atoms with Crippen LogP contribution < -0.4 is 5.73 Å². The second-order valence-corrected chi connectivity index (χ2v) is 6.95. The van der Waals surface area contributed by atoms with Gasteiger partial charge in [-0.1, -0.05) is 38.4 Å². The van der Waals surface area contributed by atoms with E-state index in [1.165, 1.54) is 32.1 Å². The van der Waals surface area contributed by atoms with Gasteiger partial charge in [-0.3, -0.25) is 4.79 Å². The summed E-state index contributed by atoms with van der Waals surface area (Å²) >= 11 is 5.14. The topological polar surface area (TPSA) is 46.3 Å². The number of hydrogen-bond donors (Lipinski definition) is 1. The van der Waals surface area contributed by atoms with E-state index in [1.54, 1.807) is 0 Å². The van der Waals surface area contributed by atoms with Crippen LogP contribution in [0.2, 0.25) is 0 Å². The van der Waals surface area contributed by atoms with Crippen LogP contribution >= 0.6 is 12.2 Å². The molecule has 1 heterocycles. The van der Waals surface area contributed by atoms with Gasteiger partial charge in [-0.2, -0.15) is 0 Å². The Labute approximate surface area is 121 Å². The van der Waals surface area contributed by atoms with Gasteiger partial charge in [-0.25, -0.2) is 0 Å². The summed E-state index contributed by atoms with van der Waals surface area (Å²) in [7, 11) is 0. The van der Waals surface area contributed by atoms with Gasteiger partial charge in [0, 0.05) is 24.9 Å². The van der Waals surface area contributed by atoms with E-state index in [1.807, 2.05) is 4.90 Å². The number of amides is 1. The highest BCUT2D eigenvalue weighted by molar-refractivity contribution is 7.80. The van der Waals surface area contributed by atoms with Gasteiger partial charge in [0.25, 0.3) is 0 Å². The van der Waals surface area contributed by atoms with Crippen molar-refractivity contribution >= 4 is 23.1 Å². The molecule has 0 aromatic rings. The van der Waals surface area contributed by atoms with E-state index < -0.39 is 0 Å². The summed E-state index contributed by atoms with van der Waals surface area (Å²) in [4.78, 5) is 14.9. The van der Waals surface area contributed by atoms with Crippen LogP contribution in [-0.2, 0) is 4.79 Å². The highest BCUT2D eigenvalue weighted by atomic mass is 32.1. The lowest BCUT2D eigenvalue weighted by Crippen LogP contribution is -2.47. The average Bonchev–Trinajstić information content (AvgIpc) is 2.40. The summed E-state index contributed by atoms with van der Waals surface area (Å²) in [6, 6.07) is 0. The number of rotatable bonds is 3. The van der Waals surface area contributed by atoms with Crippen molar-refractivity contribution in [1.82, 2.24) is 4.90 Å². The summed E-state index contributed by atoms with van der Waals surface area (Å²) in [6.45, 7) is 3.76. The smallest absolute Gasteiger partial charge is 0.222 e. The fraction of sp³-hybridized carbons (Fsp3) is 0.867. The maximum Gasteiger partial charge on any atom is 0.222 e. The van der Waals surface area contributed by atoms with Gasteiger partial charge < -0.3 is 10.6 Å². The molecule has 0 radical (unpaired) electrons. The molecule has 2 aliphatic rings. The Balaban J connectivity index is 1.80. The van der Waals surface area contributed by atoms with Crippen LogP contribution in [0.15, 0.2) is 0 Å². The van der Waals surface area contributed by atoms with Crippen LogP contribution in [0.5, 0.6) is 0 Å². The molecule has 2 N–H and O–H groups in total. The molecule has 4 heteroatoms. The predicted octanol–water partition coefficient (Wildman–Crippen LogP) is 2.87. The largest absolute Gasteiger partial charge is 0.393 e. The fourth-order valence-corrected chi connectivity index (χ4v) is 3.47. The fourth-order valence-electron chi connectivity index (χ4n) is 3.26. The number of thiocarbonyl (C=S) groups is 1. The van der Waals surface area contributed by atoms with Crippen molar-refractivity contribution in [1.29, 1.82) is 0 Å². The second kappa shape index (κ2) is 6.21. The minimum absolute atomic E-state index is 0.0447. The lowest BCUT2D eigenvalue weighted by atomic mass is 9.80. The molecule has 1 aliphatic heterocycles. The lowest BCUT2D eigenvalue weighted by molar-refractivity contribution is -0.134. The molecule has 3 nitrogen and oxygen atoms in total. The minimum atomic E-state index is -0.0447. The van der Waals surface area contributed by atoms with Crippen molar-refractivity contribution < 1.29 is 4.79 Å². The lowest BCUT2D eigenvalue weighted by Gasteiger charge is -2.39. The van der Waals surface area contributed by atoms with E-state index in [0.29, 0.717) is 16.8 Å². The first-order chi connectivity index (χ1) is 9.01. The Morgan fingerprint density at radius 1 is 1.26 bits per heavy atom. The molecule has 1 saturated heterocycles. The molecule has 0 bridgehead atoms. The van der Waals surface area contributed by atoms with Crippen molar-refractivity contribution in [3.05, 3.63) is 0 Å². The van der Waals surface area contributed by atoms with Crippen LogP contribution in [0.1, 0.15) is 58.3 Å². The highest BCUT2D eigenvalue weighted by Crippen LogP contribution is 2.32. The highest BCUT2D eigenvalue weighted by Gasteiger charge is 2.34. The minimum Gasteiger partial charge on any atom is -0.393 e. The zero-order chi connectivity index (χ0) is 13.9. The summed E-state index contributed by atoms with van der Waals surface area (Å²) in [5, 5.41) is 0. The number of likely N-dealkylation sites (tertiary alicyclic amines) is 1. The first-order valence-corrected chi connectivity index (χ1v) is 8.00. The molecule has 1 amide bonds. The zero-order valence-electron chi connectivity index (χ0n) is 12.0. The predicted molar refractivity (Wildman–Crippen MR) is 81.9 cm³/mol. The molecule has 19 heavy (non-hydrogen) atoms. The summed E-state index contributed by atoms with van der Waals surface area (Å²) in [6.07, 6.45) is 9.02. The van der Waals surface area contributed by atoms with E-state index >= 15 is 0 Å². The SMILES string of the molecule is CC1(C(N)=S)CCN(C(=O)CC2CCCCC2)CC1. The number of piperidine rings is 1. The summed E-state index contributed by atoms with van der Waals surface area (Å²) in [5.74, 6) is 0.974. The molecule has 0 spiro atoms. The Morgan fingerprint density at radius 2 is 1.84 bits per heavy atom. The van der Waals surface area contributed by atoms with Gasteiger partial charge in [0.15, 0.2) is 0 Å². The second-order valence-electron chi connectivity index (χ2n) is 6.51.